The van der Waals surface area contributed by atoms with Crippen molar-refractivity contribution in [3.63, 3.8) is 0 Å². The van der Waals surface area contributed by atoms with Gasteiger partial charge in [0.1, 0.15) is 9.84 Å². The van der Waals surface area contributed by atoms with Crippen LogP contribution >= 0.6 is 0 Å². The van der Waals surface area contributed by atoms with E-state index in [0.29, 0.717) is 12.0 Å². The Morgan fingerprint density at radius 3 is 2.41 bits per heavy atom. The highest BCUT2D eigenvalue weighted by Gasteiger charge is 2.34. The van der Waals surface area contributed by atoms with Gasteiger partial charge in [-0.15, -0.1) is 0 Å². The molecular formula is C13H25NO2S. The summed E-state index contributed by atoms with van der Waals surface area (Å²) in [6, 6.07) is 0.604. The average Bonchev–Trinajstić information content (AvgIpc) is 2.28. The van der Waals surface area contributed by atoms with E-state index < -0.39 is 9.84 Å². The standard InChI is InChI=1S/C13H25NO2S/c1-10-8-12(6-7-14-10)11-4-3-5-13(9-11)17(2,15)16/h10-14H,3-9H2,1-2H3. The molecule has 0 aromatic heterocycles. The van der Waals surface area contributed by atoms with Crippen molar-refractivity contribution in [1.82, 2.24) is 5.32 Å². The summed E-state index contributed by atoms with van der Waals surface area (Å²) < 4.78 is 23.3. The molecule has 4 heteroatoms. The Balaban J connectivity index is 1.97. The van der Waals surface area contributed by atoms with Crippen molar-refractivity contribution in [3.8, 4) is 0 Å². The van der Waals surface area contributed by atoms with Crippen molar-refractivity contribution < 1.29 is 8.42 Å². The van der Waals surface area contributed by atoms with E-state index in [1.54, 1.807) is 0 Å². The molecule has 4 unspecified atom stereocenters. The van der Waals surface area contributed by atoms with Gasteiger partial charge in [0.25, 0.3) is 0 Å². The minimum atomic E-state index is -2.83. The van der Waals surface area contributed by atoms with E-state index >= 15 is 0 Å². The Labute approximate surface area is 105 Å². The number of piperidine rings is 1. The van der Waals surface area contributed by atoms with Crippen molar-refractivity contribution in [2.75, 3.05) is 12.8 Å². The Morgan fingerprint density at radius 2 is 1.76 bits per heavy atom. The van der Waals surface area contributed by atoms with Crippen molar-refractivity contribution >= 4 is 9.84 Å². The molecule has 1 saturated carbocycles. The van der Waals surface area contributed by atoms with E-state index in [0.717, 1.165) is 31.7 Å². The highest BCUT2D eigenvalue weighted by Crippen LogP contribution is 2.37. The summed E-state index contributed by atoms with van der Waals surface area (Å²) in [5.74, 6) is 1.39. The van der Waals surface area contributed by atoms with Crippen molar-refractivity contribution in [1.29, 1.82) is 0 Å². The second kappa shape index (κ2) is 5.27. The Hall–Kier alpha value is -0.0900. The lowest BCUT2D eigenvalue weighted by molar-refractivity contribution is 0.184. The maximum absolute atomic E-state index is 11.7. The fraction of sp³-hybridized carbons (Fsp3) is 1.00. The Bertz CT molecular complexity index is 352. The second-order valence-electron chi connectivity index (χ2n) is 6.02. The van der Waals surface area contributed by atoms with E-state index in [-0.39, 0.29) is 5.25 Å². The van der Waals surface area contributed by atoms with Gasteiger partial charge in [-0.05, 0) is 51.0 Å². The normalized spacial score (nSPS) is 40.1. The monoisotopic (exact) mass is 259 g/mol. The first-order valence-corrected chi connectivity index (χ1v) is 8.84. The molecule has 2 aliphatic rings. The smallest absolute Gasteiger partial charge is 0.150 e. The van der Waals surface area contributed by atoms with Crippen LogP contribution in [0.5, 0.6) is 0 Å². The number of rotatable bonds is 2. The zero-order valence-electron chi connectivity index (χ0n) is 11.0. The maximum atomic E-state index is 11.7. The van der Waals surface area contributed by atoms with Gasteiger partial charge in [-0.1, -0.05) is 12.8 Å². The first-order chi connectivity index (χ1) is 7.97. The minimum Gasteiger partial charge on any atom is -0.314 e. The summed E-state index contributed by atoms with van der Waals surface area (Å²) in [5, 5.41) is 3.41. The van der Waals surface area contributed by atoms with Gasteiger partial charge >= 0.3 is 0 Å². The summed E-state index contributed by atoms with van der Waals surface area (Å²) in [6.07, 6.45) is 7.99. The van der Waals surface area contributed by atoms with Crippen molar-refractivity contribution in [3.05, 3.63) is 0 Å². The lowest BCUT2D eigenvalue weighted by Gasteiger charge is -2.38. The number of hydrogen-bond acceptors (Lipinski definition) is 3. The molecule has 1 aliphatic heterocycles. The topological polar surface area (TPSA) is 46.2 Å². The molecule has 1 aliphatic carbocycles. The van der Waals surface area contributed by atoms with Crippen LogP contribution in [-0.4, -0.2) is 32.5 Å². The molecule has 0 aromatic carbocycles. The summed E-state index contributed by atoms with van der Waals surface area (Å²) in [7, 11) is -2.83. The zero-order chi connectivity index (χ0) is 12.5. The van der Waals surface area contributed by atoms with Gasteiger partial charge < -0.3 is 5.32 Å². The number of nitrogens with one attached hydrogen (secondary N) is 1. The molecule has 1 saturated heterocycles. The van der Waals surface area contributed by atoms with Gasteiger partial charge in [0, 0.05) is 12.3 Å². The molecule has 2 rings (SSSR count). The Morgan fingerprint density at radius 1 is 1.06 bits per heavy atom. The summed E-state index contributed by atoms with van der Waals surface area (Å²) in [6.45, 7) is 3.34. The van der Waals surface area contributed by atoms with Crippen molar-refractivity contribution in [2.45, 2.75) is 56.7 Å². The van der Waals surface area contributed by atoms with E-state index in [1.807, 2.05) is 0 Å². The predicted octanol–water partition coefficient (Wildman–Crippen LogP) is 1.98. The molecule has 0 spiro atoms. The second-order valence-corrected chi connectivity index (χ2v) is 8.34. The van der Waals surface area contributed by atoms with Crippen LogP contribution in [0, 0.1) is 11.8 Å². The largest absolute Gasteiger partial charge is 0.314 e. The highest BCUT2D eigenvalue weighted by molar-refractivity contribution is 7.91. The third kappa shape index (κ3) is 3.44. The van der Waals surface area contributed by atoms with Gasteiger partial charge in [0.15, 0.2) is 0 Å². The van der Waals surface area contributed by atoms with Crippen LogP contribution in [0.15, 0.2) is 0 Å². The van der Waals surface area contributed by atoms with Crippen molar-refractivity contribution in [2.24, 2.45) is 11.8 Å². The van der Waals surface area contributed by atoms with Crippen LogP contribution in [0.25, 0.3) is 0 Å². The van der Waals surface area contributed by atoms with E-state index in [2.05, 4.69) is 12.2 Å². The Kier molecular flexibility index (Phi) is 4.14. The number of hydrogen-bond donors (Lipinski definition) is 1. The van der Waals surface area contributed by atoms with Crippen LogP contribution in [0.4, 0.5) is 0 Å². The lowest BCUT2D eigenvalue weighted by Crippen LogP contribution is -2.40. The third-order valence-electron chi connectivity index (χ3n) is 4.60. The molecule has 17 heavy (non-hydrogen) atoms. The van der Waals surface area contributed by atoms with Gasteiger partial charge in [-0.3, -0.25) is 0 Å². The van der Waals surface area contributed by atoms with Crippen LogP contribution in [-0.2, 0) is 9.84 Å². The molecular weight excluding hydrogens is 234 g/mol. The molecule has 2 fully saturated rings. The molecule has 100 valence electrons. The van der Waals surface area contributed by atoms with Crippen LogP contribution in [0.2, 0.25) is 0 Å². The fourth-order valence-corrected chi connectivity index (χ4v) is 4.79. The summed E-state index contributed by atoms with van der Waals surface area (Å²) in [4.78, 5) is 0. The van der Waals surface area contributed by atoms with Crippen LogP contribution < -0.4 is 5.32 Å². The molecule has 0 aromatic rings. The molecule has 0 radical (unpaired) electrons. The van der Waals surface area contributed by atoms with Gasteiger partial charge in [0.2, 0.25) is 0 Å². The maximum Gasteiger partial charge on any atom is 0.150 e. The van der Waals surface area contributed by atoms with E-state index in [4.69, 9.17) is 0 Å². The molecule has 3 nitrogen and oxygen atoms in total. The average molecular weight is 259 g/mol. The predicted molar refractivity (Wildman–Crippen MR) is 70.8 cm³/mol. The molecule has 0 amide bonds. The first-order valence-electron chi connectivity index (χ1n) is 6.89. The first kappa shape index (κ1) is 13.3. The van der Waals surface area contributed by atoms with Gasteiger partial charge in [0.05, 0.1) is 5.25 Å². The lowest BCUT2D eigenvalue weighted by atomic mass is 9.74. The van der Waals surface area contributed by atoms with Crippen LogP contribution in [0.3, 0.4) is 0 Å². The van der Waals surface area contributed by atoms with E-state index in [1.165, 1.54) is 25.5 Å². The molecule has 4 atom stereocenters. The van der Waals surface area contributed by atoms with E-state index in [9.17, 15) is 8.42 Å². The highest BCUT2D eigenvalue weighted by atomic mass is 32.2. The number of sulfone groups is 1. The fourth-order valence-electron chi connectivity index (χ4n) is 3.60. The third-order valence-corrected chi connectivity index (χ3v) is 6.24. The van der Waals surface area contributed by atoms with Crippen LogP contribution in [0.1, 0.15) is 45.4 Å². The quantitative estimate of drug-likeness (QED) is 0.825. The SMILES string of the molecule is CC1CC(C2CCCC(S(C)(=O)=O)C2)CCN1. The summed E-state index contributed by atoms with van der Waals surface area (Å²) in [5.41, 5.74) is 0. The zero-order valence-corrected chi connectivity index (χ0v) is 11.8. The minimum absolute atomic E-state index is 0.0635. The molecule has 1 heterocycles. The van der Waals surface area contributed by atoms with Gasteiger partial charge in [-0.25, -0.2) is 8.42 Å². The molecule has 1 N–H and O–H groups in total. The van der Waals surface area contributed by atoms with Gasteiger partial charge in [-0.2, -0.15) is 0 Å². The summed E-state index contributed by atoms with van der Waals surface area (Å²) >= 11 is 0. The molecule has 0 bridgehead atoms.